The number of methoxy groups -OCH3 is 1. The number of carbonyl (C=O) groups excluding carboxylic acids is 1. The van der Waals surface area contributed by atoms with Crippen LogP contribution in [0.2, 0.25) is 0 Å². The second-order valence-corrected chi connectivity index (χ2v) is 9.22. The van der Waals surface area contributed by atoms with Gasteiger partial charge in [-0.15, -0.1) is 0 Å². The smallest absolute Gasteiger partial charge is 0.262 e. The van der Waals surface area contributed by atoms with Gasteiger partial charge in [-0.1, -0.05) is 60.7 Å². The minimum Gasteiger partial charge on any atom is -0.493 e. The molecule has 0 radical (unpaired) electrons. The monoisotopic (exact) mass is 528 g/mol. The van der Waals surface area contributed by atoms with E-state index in [1.165, 1.54) is 0 Å². The summed E-state index contributed by atoms with van der Waals surface area (Å²) >= 11 is 3.68. The summed E-state index contributed by atoms with van der Waals surface area (Å²) in [4.78, 5) is 15.5. The molecule has 35 heavy (non-hydrogen) atoms. The molecule has 0 spiro atoms. The van der Waals surface area contributed by atoms with Crippen LogP contribution in [0.5, 0.6) is 11.5 Å². The normalized spacial score (nSPS) is 14.8. The minimum absolute atomic E-state index is 0.0573. The van der Waals surface area contributed by atoms with Gasteiger partial charge in [0.25, 0.3) is 5.91 Å². The number of anilines is 2. The molecule has 0 saturated heterocycles. The van der Waals surface area contributed by atoms with Crippen LogP contribution in [0.4, 0.5) is 11.4 Å². The number of fused-ring (bicyclic) bond motifs is 1. The van der Waals surface area contributed by atoms with Gasteiger partial charge in [0.15, 0.2) is 11.5 Å². The van der Waals surface area contributed by atoms with E-state index in [9.17, 15) is 4.79 Å². The molecule has 4 aromatic rings. The van der Waals surface area contributed by atoms with Crippen LogP contribution >= 0.6 is 15.9 Å². The second-order valence-electron chi connectivity index (χ2n) is 8.36. The number of ether oxygens (including phenoxy) is 2. The first-order valence-corrected chi connectivity index (χ1v) is 12.1. The molecule has 1 amide bonds. The lowest BCUT2D eigenvalue weighted by Crippen LogP contribution is -2.43. The predicted octanol–water partition coefficient (Wildman–Crippen LogP) is 7.12. The Kier molecular flexibility index (Phi) is 6.47. The SMILES string of the molecule is COc1cc(C2Nc3ccccc3C(=O)N2c2ccccc2C)cc(Br)c1OCc1ccccc1. The van der Waals surface area contributed by atoms with Crippen molar-refractivity contribution in [2.24, 2.45) is 0 Å². The highest BCUT2D eigenvalue weighted by Crippen LogP contribution is 2.43. The molecule has 0 saturated carbocycles. The lowest BCUT2D eigenvalue weighted by Gasteiger charge is -2.39. The van der Waals surface area contributed by atoms with Crippen molar-refractivity contribution in [1.29, 1.82) is 0 Å². The van der Waals surface area contributed by atoms with E-state index in [4.69, 9.17) is 9.47 Å². The third-order valence-corrected chi connectivity index (χ3v) is 6.68. The van der Waals surface area contributed by atoms with E-state index < -0.39 is 6.17 Å². The topological polar surface area (TPSA) is 50.8 Å². The molecule has 6 heteroatoms. The zero-order valence-electron chi connectivity index (χ0n) is 19.5. The highest BCUT2D eigenvalue weighted by Gasteiger charge is 2.35. The number of amides is 1. The van der Waals surface area contributed by atoms with Crippen molar-refractivity contribution in [2.45, 2.75) is 19.7 Å². The average molecular weight is 529 g/mol. The first-order valence-electron chi connectivity index (χ1n) is 11.4. The number of nitrogens with one attached hydrogen (secondary N) is 1. The van der Waals surface area contributed by atoms with Crippen molar-refractivity contribution in [3.63, 3.8) is 0 Å². The first-order chi connectivity index (χ1) is 17.1. The van der Waals surface area contributed by atoms with Gasteiger partial charge in [-0.05, 0) is 64.3 Å². The zero-order valence-corrected chi connectivity index (χ0v) is 21.1. The van der Waals surface area contributed by atoms with Gasteiger partial charge in [0.1, 0.15) is 12.8 Å². The molecule has 1 aliphatic heterocycles. The van der Waals surface area contributed by atoms with Gasteiger partial charge in [-0.2, -0.15) is 0 Å². The Morgan fingerprint density at radius 3 is 2.43 bits per heavy atom. The first kappa shape index (κ1) is 23.0. The summed E-state index contributed by atoms with van der Waals surface area (Å²) in [6.07, 6.45) is -0.438. The van der Waals surface area contributed by atoms with Gasteiger partial charge in [-0.25, -0.2) is 0 Å². The molecule has 1 unspecified atom stereocenters. The lowest BCUT2D eigenvalue weighted by molar-refractivity contribution is 0.0974. The fourth-order valence-corrected chi connectivity index (χ4v) is 4.91. The minimum atomic E-state index is -0.438. The summed E-state index contributed by atoms with van der Waals surface area (Å²) in [7, 11) is 1.62. The predicted molar refractivity (Wildman–Crippen MR) is 142 cm³/mol. The number of nitrogens with zero attached hydrogens (tertiary/aromatic N) is 1. The van der Waals surface area contributed by atoms with E-state index in [0.29, 0.717) is 23.7 Å². The molecule has 0 fully saturated rings. The van der Waals surface area contributed by atoms with Crippen LogP contribution in [0.1, 0.15) is 33.2 Å². The molecule has 0 aromatic heterocycles. The van der Waals surface area contributed by atoms with Crippen LogP contribution in [0.25, 0.3) is 0 Å². The van der Waals surface area contributed by atoms with E-state index in [1.54, 1.807) is 7.11 Å². The van der Waals surface area contributed by atoms with Crippen LogP contribution < -0.4 is 19.7 Å². The molecule has 4 aromatic carbocycles. The largest absolute Gasteiger partial charge is 0.493 e. The molecule has 1 aliphatic rings. The third-order valence-electron chi connectivity index (χ3n) is 6.10. The molecule has 0 aliphatic carbocycles. The van der Waals surface area contributed by atoms with E-state index in [2.05, 4.69) is 21.2 Å². The maximum absolute atomic E-state index is 13.7. The van der Waals surface area contributed by atoms with Crippen molar-refractivity contribution in [2.75, 3.05) is 17.3 Å². The van der Waals surface area contributed by atoms with Gasteiger partial charge >= 0.3 is 0 Å². The number of hydrogen-bond donors (Lipinski definition) is 1. The van der Waals surface area contributed by atoms with Gasteiger partial charge in [0.2, 0.25) is 0 Å². The Bertz CT molecular complexity index is 1370. The van der Waals surface area contributed by atoms with Crippen molar-refractivity contribution >= 4 is 33.2 Å². The molecular formula is C29H25BrN2O3. The van der Waals surface area contributed by atoms with Crippen LogP contribution in [0.15, 0.2) is 95.5 Å². The van der Waals surface area contributed by atoms with Gasteiger partial charge < -0.3 is 14.8 Å². The quantitative estimate of drug-likeness (QED) is 0.289. The molecular weight excluding hydrogens is 504 g/mol. The number of aryl methyl sites for hydroxylation is 1. The number of benzene rings is 4. The number of carbonyl (C=O) groups is 1. The number of para-hydroxylation sites is 2. The Labute approximate surface area is 213 Å². The van der Waals surface area contributed by atoms with E-state index in [0.717, 1.165) is 32.5 Å². The summed E-state index contributed by atoms with van der Waals surface area (Å²) in [5.41, 5.74) is 5.23. The molecule has 5 rings (SSSR count). The summed E-state index contributed by atoms with van der Waals surface area (Å²) in [6, 6.07) is 29.4. The number of halogens is 1. The molecule has 1 N–H and O–H groups in total. The van der Waals surface area contributed by atoms with E-state index >= 15 is 0 Å². The summed E-state index contributed by atoms with van der Waals surface area (Å²) in [5.74, 6) is 1.14. The number of rotatable bonds is 6. The van der Waals surface area contributed by atoms with Crippen LogP contribution in [-0.2, 0) is 6.61 Å². The average Bonchev–Trinajstić information content (AvgIpc) is 2.89. The maximum Gasteiger partial charge on any atom is 0.262 e. The standard InChI is InChI=1S/C29H25BrN2O3/c1-19-10-6-9-15-25(19)32-28(31-24-14-8-7-13-22(24)29(32)33)21-16-23(30)27(26(17-21)34-2)35-18-20-11-4-3-5-12-20/h3-17,28,31H,18H2,1-2H3. The van der Waals surface area contributed by atoms with Crippen molar-refractivity contribution in [3.8, 4) is 11.5 Å². The lowest BCUT2D eigenvalue weighted by atomic mass is 10.0. The van der Waals surface area contributed by atoms with E-state index in [-0.39, 0.29) is 5.91 Å². The molecule has 1 heterocycles. The van der Waals surface area contributed by atoms with Crippen molar-refractivity contribution in [3.05, 3.63) is 118 Å². The van der Waals surface area contributed by atoms with Crippen LogP contribution in [0.3, 0.4) is 0 Å². The van der Waals surface area contributed by atoms with Crippen molar-refractivity contribution < 1.29 is 14.3 Å². The molecule has 176 valence electrons. The molecule has 1 atom stereocenters. The fraction of sp³-hybridized carbons (Fsp3) is 0.138. The summed E-state index contributed by atoms with van der Waals surface area (Å²) in [6.45, 7) is 2.43. The summed E-state index contributed by atoms with van der Waals surface area (Å²) < 4.78 is 12.6. The highest BCUT2D eigenvalue weighted by atomic mass is 79.9. The zero-order chi connectivity index (χ0) is 24.4. The summed E-state index contributed by atoms with van der Waals surface area (Å²) in [5, 5.41) is 3.56. The Balaban J connectivity index is 1.56. The third kappa shape index (κ3) is 4.49. The van der Waals surface area contributed by atoms with Crippen LogP contribution in [0, 0.1) is 6.92 Å². The van der Waals surface area contributed by atoms with Gasteiger partial charge in [0.05, 0.1) is 17.1 Å². The van der Waals surface area contributed by atoms with Crippen LogP contribution in [-0.4, -0.2) is 13.0 Å². The highest BCUT2D eigenvalue weighted by molar-refractivity contribution is 9.10. The Hall–Kier alpha value is -3.77. The number of hydrogen-bond acceptors (Lipinski definition) is 4. The maximum atomic E-state index is 13.7. The fourth-order valence-electron chi connectivity index (χ4n) is 4.34. The Morgan fingerprint density at radius 1 is 0.943 bits per heavy atom. The van der Waals surface area contributed by atoms with Gasteiger partial charge in [0, 0.05) is 16.9 Å². The Morgan fingerprint density at radius 2 is 1.66 bits per heavy atom. The van der Waals surface area contributed by atoms with Crippen molar-refractivity contribution in [1.82, 2.24) is 0 Å². The molecule has 0 bridgehead atoms. The molecule has 5 nitrogen and oxygen atoms in total. The second kappa shape index (κ2) is 9.84. The van der Waals surface area contributed by atoms with Gasteiger partial charge in [-0.3, -0.25) is 9.69 Å². The van der Waals surface area contributed by atoms with E-state index in [1.807, 2.05) is 103 Å².